The second kappa shape index (κ2) is 3.52. The number of nitrogens with zero attached hydrogens (tertiary/aromatic N) is 4. The van der Waals surface area contributed by atoms with Crippen LogP contribution in [0, 0.1) is 12.8 Å². The van der Waals surface area contributed by atoms with E-state index in [0.29, 0.717) is 5.92 Å². The fourth-order valence-electron chi connectivity index (χ4n) is 1.95. The van der Waals surface area contributed by atoms with Crippen molar-refractivity contribution in [3.05, 3.63) is 23.7 Å². The Balaban J connectivity index is 1.93. The van der Waals surface area contributed by atoms with E-state index in [-0.39, 0.29) is 6.04 Å². The largest absolute Gasteiger partial charge is 0.327 e. The number of hydrogen-bond acceptors (Lipinski definition) is 4. The van der Waals surface area contributed by atoms with Gasteiger partial charge in [0.1, 0.15) is 0 Å². The zero-order chi connectivity index (χ0) is 11.1. The van der Waals surface area contributed by atoms with E-state index in [1.54, 1.807) is 4.52 Å². The molecule has 2 aromatic heterocycles. The van der Waals surface area contributed by atoms with Gasteiger partial charge in [0.2, 0.25) is 0 Å². The first-order valence-corrected chi connectivity index (χ1v) is 5.67. The van der Waals surface area contributed by atoms with Crippen LogP contribution in [0.15, 0.2) is 12.1 Å². The van der Waals surface area contributed by atoms with E-state index in [0.717, 1.165) is 23.6 Å². The molecule has 2 N–H and O–H groups in total. The number of rotatable bonds is 3. The Morgan fingerprint density at radius 3 is 3.00 bits per heavy atom. The van der Waals surface area contributed by atoms with Gasteiger partial charge in [-0.2, -0.15) is 9.61 Å². The second-order valence-corrected chi connectivity index (χ2v) is 4.57. The summed E-state index contributed by atoms with van der Waals surface area (Å²) in [5.41, 5.74) is 7.85. The first kappa shape index (κ1) is 9.72. The summed E-state index contributed by atoms with van der Waals surface area (Å²) >= 11 is 0. The summed E-state index contributed by atoms with van der Waals surface area (Å²) < 4.78 is 1.80. The van der Waals surface area contributed by atoms with Crippen LogP contribution in [0.3, 0.4) is 0 Å². The maximum atomic E-state index is 6.09. The molecule has 5 nitrogen and oxygen atoms in total. The summed E-state index contributed by atoms with van der Waals surface area (Å²) in [5.74, 6) is 1.55. The summed E-state index contributed by atoms with van der Waals surface area (Å²) in [6, 6.07) is 4.07. The van der Waals surface area contributed by atoms with Crippen LogP contribution in [-0.2, 0) is 6.42 Å². The highest BCUT2D eigenvalue weighted by atomic mass is 15.4. The summed E-state index contributed by atoms with van der Waals surface area (Å²) in [5, 5.41) is 12.6. The van der Waals surface area contributed by atoms with Crippen molar-refractivity contribution in [1.82, 2.24) is 19.8 Å². The molecule has 1 atom stereocenters. The minimum Gasteiger partial charge on any atom is -0.327 e. The molecule has 1 fully saturated rings. The summed E-state index contributed by atoms with van der Waals surface area (Å²) in [6.45, 7) is 1.96. The molecule has 0 aromatic carbocycles. The molecule has 1 aliphatic rings. The van der Waals surface area contributed by atoms with Crippen molar-refractivity contribution in [2.75, 3.05) is 0 Å². The average Bonchev–Trinajstić information content (AvgIpc) is 3.04. The normalized spacial score (nSPS) is 17.9. The van der Waals surface area contributed by atoms with Gasteiger partial charge in [-0.15, -0.1) is 10.2 Å². The Morgan fingerprint density at radius 2 is 2.25 bits per heavy atom. The third kappa shape index (κ3) is 1.67. The maximum Gasteiger partial charge on any atom is 0.177 e. The fraction of sp³-hybridized carbons (Fsp3) is 0.545. The van der Waals surface area contributed by atoms with Gasteiger partial charge in [0.15, 0.2) is 11.5 Å². The predicted octanol–water partition coefficient (Wildman–Crippen LogP) is 0.713. The molecule has 0 spiro atoms. The molecule has 0 radical (unpaired) electrons. The smallest absolute Gasteiger partial charge is 0.177 e. The van der Waals surface area contributed by atoms with Crippen molar-refractivity contribution in [3.63, 3.8) is 0 Å². The van der Waals surface area contributed by atoms with E-state index in [1.165, 1.54) is 12.8 Å². The van der Waals surface area contributed by atoms with Gasteiger partial charge in [-0.05, 0) is 37.8 Å². The SMILES string of the molecule is Cc1ccc2nnc(CC(N)C3CC3)n2n1. The van der Waals surface area contributed by atoms with E-state index in [9.17, 15) is 0 Å². The van der Waals surface area contributed by atoms with Crippen LogP contribution in [0.25, 0.3) is 5.65 Å². The van der Waals surface area contributed by atoms with E-state index < -0.39 is 0 Å². The van der Waals surface area contributed by atoms with Crippen molar-refractivity contribution < 1.29 is 0 Å². The molecule has 1 aliphatic carbocycles. The van der Waals surface area contributed by atoms with Gasteiger partial charge in [-0.3, -0.25) is 0 Å². The van der Waals surface area contributed by atoms with Crippen LogP contribution < -0.4 is 5.73 Å². The van der Waals surface area contributed by atoms with Gasteiger partial charge in [-0.1, -0.05) is 0 Å². The minimum absolute atomic E-state index is 0.203. The van der Waals surface area contributed by atoms with Gasteiger partial charge in [0, 0.05) is 12.5 Å². The standard InChI is InChI=1S/C11H15N5/c1-7-2-5-10-13-14-11(16(10)15-7)6-9(12)8-3-4-8/h2,5,8-9H,3-4,6,12H2,1H3. The Bertz CT molecular complexity index is 514. The van der Waals surface area contributed by atoms with E-state index in [4.69, 9.17) is 5.73 Å². The van der Waals surface area contributed by atoms with Gasteiger partial charge in [-0.25, -0.2) is 0 Å². The topological polar surface area (TPSA) is 69.1 Å². The van der Waals surface area contributed by atoms with E-state index in [1.807, 2.05) is 19.1 Å². The molecule has 1 unspecified atom stereocenters. The van der Waals surface area contributed by atoms with Gasteiger partial charge in [0.25, 0.3) is 0 Å². The van der Waals surface area contributed by atoms with Crippen LogP contribution in [0.4, 0.5) is 0 Å². The van der Waals surface area contributed by atoms with E-state index in [2.05, 4.69) is 15.3 Å². The second-order valence-electron chi connectivity index (χ2n) is 4.57. The predicted molar refractivity (Wildman–Crippen MR) is 59.9 cm³/mol. The Labute approximate surface area is 93.7 Å². The molecule has 0 bridgehead atoms. The first-order chi connectivity index (χ1) is 7.74. The lowest BCUT2D eigenvalue weighted by Crippen LogP contribution is -2.26. The third-order valence-electron chi connectivity index (χ3n) is 3.11. The van der Waals surface area contributed by atoms with Crippen LogP contribution in [-0.4, -0.2) is 25.9 Å². The Kier molecular flexibility index (Phi) is 2.14. The van der Waals surface area contributed by atoms with Crippen molar-refractivity contribution in [2.24, 2.45) is 11.7 Å². The van der Waals surface area contributed by atoms with Crippen molar-refractivity contribution in [3.8, 4) is 0 Å². The fourth-order valence-corrected chi connectivity index (χ4v) is 1.95. The average molecular weight is 217 g/mol. The first-order valence-electron chi connectivity index (χ1n) is 5.67. The molecule has 2 heterocycles. The number of aromatic nitrogens is 4. The molecular formula is C11H15N5. The summed E-state index contributed by atoms with van der Waals surface area (Å²) in [4.78, 5) is 0. The van der Waals surface area contributed by atoms with Crippen LogP contribution in [0.1, 0.15) is 24.4 Å². The monoisotopic (exact) mass is 217 g/mol. The lowest BCUT2D eigenvalue weighted by atomic mass is 10.1. The molecule has 1 saturated carbocycles. The molecule has 0 amide bonds. The zero-order valence-electron chi connectivity index (χ0n) is 9.30. The highest BCUT2D eigenvalue weighted by molar-refractivity contribution is 5.36. The zero-order valence-corrected chi connectivity index (χ0v) is 9.30. The van der Waals surface area contributed by atoms with Crippen molar-refractivity contribution >= 4 is 5.65 Å². The lowest BCUT2D eigenvalue weighted by Gasteiger charge is -2.07. The molecule has 3 rings (SSSR count). The summed E-state index contributed by atoms with van der Waals surface area (Å²) in [6.07, 6.45) is 3.27. The molecule has 84 valence electrons. The summed E-state index contributed by atoms with van der Waals surface area (Å²) in [7, 11) is 0. The lowest BCUT2D eigenvalue weighted by molar-refractivity contribution is 0.565. The Morgan fingerprint density at radius 1 is 1.44 bits per heavy atom. The van der Waals surface area contributed by atoms with Crippen molar-refractivity contribution in [1.29, 1.82) is 0 Å². The van der Waals surface area contributed by atoms with Crippen LogP contribution in [0.5, 0.6) is 0 Å². The third-order valence-corrected chi connectivity index (χ3v) is 3.11. The number of aryl methyl sites for hydroxylation is 1. The quantitative estimate of drug-likeness (QED) is 0.822. The van der Waals surface area contributed by atoms with Gasteiger partial charge in [0.05, 0.1) is 5.69 Å². The highest BCUT2D eigenvalue weighted by Gasteiger charge is 2.29. The van der Waals surface area contributed by atoms with Crippen LogP contribution in [0.2, 0.25) is 0 Å². The molecule has 2 aromatic rings. The number of fused-ring (bicyclic) bond motifs is 1. The maximum absolute atomic E-state index is 6.09. The molecule has 0 aliphatic heterocycles. The number of nitrogens with two attached hydrogens (primary N) is 1. The van der Waals surface area contributed by atoms with Crippen molar-refractivity contribution in [2.45, 2.75) is 32.2 Å². The number of hydrogen-bond donors (Lipinski definition) is 1. The molecular weight excluding hydrogens is 202 g/mol. The van der Waals surface area contributed by atoms with Gasteiger partial charge >= 0.3 is 0 Å². The van der Waals surface area contributed by atoms with Gasteiger partial charge < -0.3 is 5.73 Å². The van der Waals surface area contributed by atoms with Crippen LogP contribution >= 0.6 is 0 Å². The Hall–Kier alpha value is -1.49. The molecule has 16 heavy (non-hydrogen) atoms. The highest BCUT2D eigenvalue weighted by Crippen LogP contribution is 2.32. The minimum atomic E-state index is 0.203. The molecule has 5 heteroatoms. The van der Waals surface area contributed by atoms with E-state index >= 15 is 0 Å². The molecule has 0 saturated heterocycles.